The molecule has 0 unspecified atom stereocenters. The third-order valence-electron chi connectivity index (χ3n) is 3.32. The SMILES string of the molecule is Cc1c(Br)cccc1C(=O)Nc1cccc(CCCO)c1. The Bertz CT molecular complexity index is 640. The molecule has 110 valence electrons. The van der Waals surface area contributed by atoms with Gasteiger partial charge in [-0.1, -0.05) is 34.1 Å². The Kier molecular flexibility index (Phi) is 5.53. The molecule has 4 heteroatoms. The Hall–Kier alpha value is -1.65. The highest BCUT2D eigenvalue weighted by Gasteiger charge is 2.11. The predicted octanol–water partition coefficient (Wildman–Crippen LogP) is 3.93. The molecule has 0 aromatic heterocycles. The number of halogens is 1. The van der Waals surface area contributed by atoms with Gasteiger partial charge in [0, 0.05) is 22.3 Å². The van der Waals surface area contributed by atoms with Gasteiger partial charge in [0.2, 0.25) is 0 Å². The zero-order valence-corrected chi connectivity index (χ0v) is 13.5. The number of hydrogen-bond donors (Lipinski definition) is 2. The van der Waals surface area contributed by atoms with Crippen LogP contribution in [-0.2, 0) is 6.42 Å². The van der Waals surface area contributed by atoms with Gasteiger partial charge in [-0.25, -0.2) is 0 Å². The molecule has 1 amide bonds. The molecule has 0 fully saturated rings. The molecule has 0 radical (unpaired) electrons. The lowest BCUT2D eigenvalue weighted by atomic mass is 10.1. The van der Waals surface area contributed by atoms with Gasteiger partial charge in [0.25, 0.3) is 5.91 Å². The zero-order chi connectivity index (χ0) is 15.2. The molecular formula is C17H18BrNO2. The van der Waals surface area contributed by atoms with Crippen LogP contribution in [0.2, 0.25) is 0 Å². The summed E-state index contributed by atoms with van der Waals surface area (Å²) in [5.41, 5.74) is 3.46. The average Bonchev–Trinajstić information content (AvgIpc) is 2.48. The second kappa shape index (κ2) is 7.38. The summed E-state index contributed by atoms with van der Waals surface area (Å²) in [6.07, 6.45) is 1.53. The van der Waals surface area contributed by atoms with E-state index in [9.17, 15) is 4.79 Å². The fourth-order valence-electron chi connectivity index (χ4n) is 2.14. The molecule has 0 aliphatic heterocycles. The Balaban J connectivity index is 2.14. The lowest BCUT2D eigenvalue weighted by Crippen LogP contribution is -2.13. The lowest BCUT2D eigenvalue weighted by Gasteiger charge is -2.10. The first-order valence-electron chi connectivity index (χ1n) is 6.88. The maximum absolute atomic E-state index is 12.3. The third-order valence-corrected chi connectivity index (χ3v) is 4.18. The molecule has 0 bridgehead atoms. The van der Waals surface area contributed by atoms with Gasteiger partial charge < -0.3 is 10.4 Å². The number of amides is 1. The highest BCUT2D eigenvalue weighted by molar-refractivity contribution is 9.10. The summed E-state index contributed by atoms with van der Waals surface area (Å²) < 4.78 is 0.923. The molecule has 0 atom stereocenters. The molecule has 3 nitrogen and oxygen atoms in total. The van der Waals surface area contributed by atoms with Crippen LogP contribution in [0, 0.1) is 6.92 Å². The lowest BCUT2D eigenvalue weighted by molar-refractivity contribution is 0.102. The number of carbonyl (C=O) groups excluding carboxylic acids is 1. The van der Waals surface area contributed by atoms with E-state index < -0.39 is 0 Å². The molecule has 2 aromatic rings. The van der Waals surface area contributed by atoms with E-state index in [1.165, 1.54) is 0 Å². The average molecular weight is 348 g/mol. The number of nitrogens with one attached hydrogen (secondary N) is 1. The Labute approximate surface area is 133 Å². The van der Waals surface area contributed by atoms with Crippen molar-refractivity contribution in [2.24, 2.45) is 0 Å². The first-order chi connectivity index (χ1) is 10.1. The van der Waals surface area contributed by atoms with Crippen LogP contribution in [0.1, 0.15) is 27.9 Å². The van der Waals surface area contributed by atoms with Gasteiger partial charge in [-0.15, -0.1) is 0 Å². The maximum Gasteiger partial charge on any atom is 0.255 e. The number of carbonyl (C=O) groups is 1. The molecule has 0 aliphatic rings. The van der Waals surface area contributed by atoms with E-state index in [1.807, 2.05) is 49.4 Å². The predicted molar refractivity (Wildman–Crippen MR) is 88.7 cm³/mol. The van der Waals surface area contributed by atoms with Gasteiger partial charge >= 0.3 is 0 Å². The Morgan fingerprint density at radius 2 is 2.00 bits per heavy atom. The first-order valence-corrected chi connectivity index (χ1v) is 7.67. The number of hydrogen-bond acceptors (Lipinski definition) is 2. The van der Waals surface area contributed by atoms with Gasteiger partial charge in [0.15, 0.2) is 0 Å². The number of aliphatic hydroxyl groups excluding tert-OH is 1. The fraction of sp³-hybridized carbons (Fsp3) is 0.235. The van der Waals surface area contributed by atoms with Crippen molar-refractivity contribution in [1.29, 1.82) is 0 Å². The normalized spacial score (nSPS) is 10.4. The van der Waals surface area contributed by atoms with Crippen molar-refractivity contribution in [3.63, 3.8) is 0 Å². The second-order valence-electron chi connectivity index (χ2n) is 4.89. The minimum Gasteiger partial charge on any atom is -0.396 e. The van der Waals surface area contributed by atoms with Gasteiger partial charge in [-0.05, 0) is 55.2 Å². The van der Waals surface area contributed by atoms with Crippen molar-refractivity contribution >= 4 is 27.5 Å². The van der Waals surface area contributed by atoms with Crippen LogP contribution in [0.4, 0.5) is 5.69 Å². The van der Waals surface area contributed by atoms with E-state index in [-0.39, 0.29) is 12.5 Å². The van der Waals surface area contributed by atoms with E-state index in [2.05, 4.69) is 21.2 Å². The van der Waals surface area contributed by atoms with Crippen molar-refractivity contribution in [3.8, 4) is 0 Å². The van der Waals surface area contributed by atoms with Crippen LogP contribution in [0.25, 0.3) is 0 Å². The summed E-state index contributed by atoms with van der Waals surface area (Å²) >= 11 is 3.44. The van der Waals surface area contributed by atoms with Crippen molar-refractivity contribution in [2.75, 3.05) is 11.9 Å². The summed E-state index contributed by atoms with van der Waals surface area (Å²) in [6, 6.07) is 13.3. The number of rotatable bonds is 5. The zero-order valence-electron chi connectivity index (χ0n) is 11.9. The largest absolute Gasteiger partial charge is 0.396 e. The van der Waals surface area contributed by atoms with Gasteiger partial charge in [-0.2, -0.15) is 0 Å². The topological polar surface area (TPSA) is 49.3 Å². The molecule has 2 N–H and O–H groups in total. The Morgan fingerprint density at radius 3 is 2.76 bits per heavy atom. The fourth-order valence-corrected chi connectivity index (χ4v) is 2.51. The number of aryl methyl sites for hydroxylation is 1. The second-order valence-corrected chi connectivity index (χ2v) is 5.75. The summed E-state index contributed by atoms with van der Waals surface area (Å²) in [6.45, 7) is 2.09. The monoisotopic (exact) mass is 347 g/mol. The minimum absolute atomic E-state index is 0.117. The summed E-state index contributed by atoms with van der Waals surface area (Å²) in [5, 5.41) is 11.8. The maximum atomic E-state index is 12.3. The molecule has 21 heavy (non-hydrogen) atoms. The smallest absolute Gasteiger partial charge is 0.255 e. The van der Waals surface area contributed by atoms with Crippen LogP contribution in [0.5, 0.6) is 0 Å². The molecular weight excluding hydrogens is 330 g/mol. The van der Waals surface area contributed by atoms with Crippen LogP contribution < -0.4 is 5.32 Å². The molecule has 2 rings (SSSR count). The van der Waals surface area contributed by atoms with Gasteiger partial charge in [0.05, 0.1) is 0 Å². The highest BCUT2D eigenvalue weighted by Crippen LogP contribution is 2.21. The van der Waals surface area contributed by atoms with Crippen LogP contribution in [0.3, 0.4) is 0 Å². The molecule has 0 aliphatic carbocycles. The van der Waals surface area contributed by atoms with E-state index in [0.717, 1.165) is 34.1 Å². The molecule has 0 heterocycles. The summed E-state index contributed by atoms with van der Waals surface area (Å²) in [4.78, 5) is 12.3. The standard InChI is InChI=1S/C17H18BrNO2/c1-12-15(8-3-9-16(12)18)17(21)19-14-7-2-5-13(11-14)6-4-10-20/h2-3,5,7-9,11,20H,4,6,10H2,1H3,(H,19,21). The van der Waals surface area contributed by atoms with Crippen molar-refractivity contribution in [2.45, 2.75) is 19.8 Å². The number of aliphatic hydroxyl groups is 1. The van der Waals surface area contributed by atoms with Crippen molar-refractivity contribution < 1.29 is 9.90 Å². The molecule has 0 spiro atoms. The van der Waals surface area contributed by atoms with Crippen molar-refractivity contribution in [3.05, 3.63) is 63.6 Å². The minimum atomic E-state index is -0.117. The van der Waals surface area contributed by atoms with E-state index in [1.54, 1.807) is 0 Å². The molecule has 0 saturated heterocycles. The van der Waals surface area contributed by atoms with Crippen molar-refractivity contribution in [1.82, 2.24) is 0 Å². The Morgan fingerprint density at radius 1 is 1.24 bits per heavy atom. The van der Waals surface area contributed by atoms with Crippen LogP contribution in [0.15, 0.2) is 46.9 Å². The molecule has 0 saturated carbocycles. The number of benzene rings is 2. The highest BCUT2D eigenvalue weighted by atomic mass is 79.9. The van der Waals surface area contributed by atoms with E-state index >= 15 is 0 Å². The van der Waals surface area contributed by atoms with Gasteiger partial charge in [-0.3, -0.25) is 4.79 Å². The van der Waals surface area contributed by atoms with E-state index in [0.29, 0.717) is 5.56 Å². The third kappa shape index (κ3) is 4.16. The first kappa shape index (κ1) is 15.7. The van der Waals surface area contributed by atoms with Crippen LogP contribution >= 0.6 is 15.9 Å². The molecule has 2 aromatic carbocycles. The van der Waals surface area contributed by atoms with Crippen LogP contribution in [-0.4, -0.2) is 17.6 Å². The van der Waals surface area contributed by atoms with Gasteiger partial charge in [0.1, 0.15) is 0 Å². The van der Waals surface area contributed by atoms with E-state index in [4.69, 9.17) is 5.11 Å². The summed E-state index contributed by atoms with van der Waals surface area (Å²) in [5.74, 6) is -0.117. The quantitative estimate of drug-likeness (QED) is 0.860. The number of anilines is 1. The summed E-state index contributed by atoms with van der Waals surface area (Å²) in [7, 11) is 0.